The molecule has 3 heterocycles. The summed E-state index contributed by atoms with van der Waals surface area (Å²) in [5.74, 6) is 0.274. The fourth-order valence-corrected chi connectivity index (χ4v) is 4.51. The Balaban J connectivity index is 1.28. The maximum Gasteiger partial charge on any atom is 0.248 e. The predicted octanol–water partition coefficient (Wildman–Crippen LogP) is 4.56. The predicted molar refractivity (Wildman–Crippen MR) is 159 cm³/mol. The quantitative estimate of drug-likeness (QED) is 0.238. The van der Waals surface area contributed by atoms with Crippen molar-refractivity contribution in [2.75, 3.05) is 62.9 Å². The molecule has 3 N–H and O–H groups in total. The highest BCUT2D eigenvalue weighted by molar-refractivity contribution is 6.00. The first kappa shape index (κ1) is 27.2. The molecule has 0 aliphatic carbocycles. The first-order valence-electron chi connectivity index (χ1n) is 13.2. The molecule has 9 nitrogen and oxygen atoms in total. The first-order chi connectivity index (χ1) is 19.5. The minimum atomic E-state index is -0.304. The second kappa shape index (κ2) is 12.6. The molecule has 4 aromatic rings. The Morgan fingerprint density at radius 3 is 2.65 bits per heavy atom. The van der Waals surface area contributed by atoms with Crippen molar-refractivity contribution in [1.29, 1.82) is 0 Å². The van der Waals surface area contributed by atoms with E-state index >= 15 is 0 Å². The Hall–Kier alpha value is -4.41. The van der Waals surface area contributed by atoms with Crippen LogP contribution in [0.4, 0.5) is 27.4 Å². The van der Waals surface area contributed by atoms with E-state index in [9.17, 15) is 9.18 Å². The smallest absolute Gasteiger partial charge is 0.248 e. The zero-order chi connectivity index (χ0) is 27.9. The third kappa shape index (κ3) is 6.96. The molecule has 1 amide bonds. The summed E-state index contributed by atoms with van der Waals surface area (Å²) in [6.45, 7) is 2.59. The van der Waals surface area contributed by atoms with Gasteiger partial charge in [-0.05, 0) is 50.5 Å². The van der Waals surface area contributed by atoms with Crippen LogP contribution in [0.5, 0.6) is 0 Å². The van der Waals surface area contributed by atoms with Crippen LogP contribution in [-0.4, -0.2) is 83.6 Å². The van der Waals surface area contributed by atoms with Crippen LogP contribution in [0.15, 0.2) is 79.1 Å². The number of hydrogen-bond donors (Lipinski definition) is 3. The first-order valence-corrected chi connectivity index (χ1v) is 13.2. The molecule has 0 bridgehead atoms. The summed E-state index contributed by atoms with van der Waals surface area (Å²) in [4.78, 5) is 30.2. The van der Waals surface area contributed by atoms with Gasteiger partial charge in [0.1, 0.15) is 6.67 Å². The minimum Gasteiger partial charge on any atom is -0.380 e. The van der Waals surface area contributed by atoms with Crippen molar-refractivity contribution in [3.05, 3.63) is 79.1 Å². The summed E-state index contributed by atoms with van der Waals surface area (Å²) in [7, 11) is 3.89. The number of fused-ring (bicyclic) bond motifs is 1. The molecule has 5 rings (SSSR count). The molecular formula is C30H33FN8O. The number of likely N-dealkylation sites (N-methyl/N-ethyl adjacent to an activating group) is 1. The van der Waals surface area contributed by atoms with Gasteiger partial charge >= 0.3 is 0 Å². The Labute approximate surface area is 233 Å². The Morgan fingerprint density at radius 1 is 1.07 bits per heavy atom. The van der Waals surface area contributed by atoms with Crippen LogP contribution in [0.1, 0.15) is 0 Å². The van der Waals surface area contributed by atoms with Crippen LogP contribution in [-0.2, 0) is 4.79 Å². The van der Waals surface area contributed by atoms with E-state index in [4.69, 9.17) is 4.98 Å². The molecule has 1 saturated heterocycles. The van der Waals surface area contributed by atoms with Crippen molar-refractivity contribution in [3.63, 3.8) is 0 Å². The van der Waals surface area contributed by atoms with Crippen LogP contribution < -0.4 is 16.0 Å². The van der Waals surface area contributed by atoms with E-state index in [2.05, 4.69) is 30.8 Å². The molecule has 0 radical (unpaired) electrons. The molecule has 2 aromatic heterocycles. The number of alkyl halides is 1. The minimum absolute atomic E-state index is 0.196. The largest absolute Gasteiger partial charge is 0.380 e. The second-order valence-electron chi connectivity index (χ2n) is 10.0. The molecule has 10 heteroatoms. The summed E-state index contributed by atoms with van der Waals surface area (Å²) >= 11 is 0. The molecule has 0 spiro atoms. The number of nitrogens with zero attached hydrogens (tertiary/aromatic N) is 5. The summed E-state index contributed by atoms with van der Waals surface area (Å²) in [5.41, 5.74) is 4.82. The number of para-hydroxylation sites is 1. The molecule has 0 unspecified atom stereocenters. The Kier molecular flexibility index (Phi) is 8.58. The van der Waals surface area contributed by atoms with Crippen LogP contribution in [0.25, 0.3) is 22.2 Å². The normalized spacial score (nSPS) is 14.0. The van der Waals surface area contributed by atoms with E-state index in [1.807, 2.05) is 73.6 Å². The van der Waals surface area contributed by atoms with E-state index in [1.165, 1.54) is 6.08 Å². The number of carbonyl (C=O) groups is 1. The van der Waals surface area contributed by atoms with E-state index in [-0.39, 0.29) is 12.6 Å². The second-order valence-corrected chi connectivity index (χ2v) is 10.0. The van der Waals surface area contributed by atoms with Gasteiger partial charge in [0.15, 0.2) is 0 Å². The number of nitrogens with one attached hydrogen (secondary N) is 3. The van der Waals surface area contributed by atoms with Gasteiger partial charge in [-0.15, -0.1) is 0 Å². The number of pyridine rings is 1. The number of benzene rings is 2. The number of carbonyl (C=O) groups excluding carboxylic acids is 1. The van der Waals surface area contributed by atoms with Gasteiger partial charge in [-0.3, -0.25) is 14.7 Å². The monoisotopic (exact) mass is 540 g/mol. The zero-order valence-corrected chi connectivity index (χ0v) is 22.6. The van der Waals surface area contributed by atoms with Crippen LogP contribution in [0.3, 0.4) is 0 Å². The topological polar surface area (TPSA) is 98.3 Å². The lowest BCUT2D eigenvalue weighted by Crippen LogP contribution is -2.55. The lowest BCUT2D eigenvalue weighted by Gasteiger charge is -2.39. The molecule has 0 atom stereocenters. The van der Waals surface area contributed by atoms with Crippen molar-refractivity contribution in [1.82, 2.24) is 24.8 Å². The molecular weight excluding hydrogens is 507 g/mol. The fraction of sp³-hybridized carbons (Fsp3) is 0.267. The Morgan fingerprint density at radius 2 is 1.88 bits per heavy atom. The molecule has 1 aliphatic heterocycles. The van der Waals surface area contributed by atoms with Crippen molar-refractivity contribution in [2.24, 2.45) is 0 Å². The summed E-state index contributed by atoms with van der Waals surface area (Å²) in [6, 6.07) is 17.8. The SMILES string of the molecule is CN(C)C/C=C/C(=O)Nc1ccnc(-c2cccc3cnc(Nc4ccc(NC5CN(CCF)C5)cc4)nc23)c1. The standard InChI is InChI=1S/C30H33FN8O/c1-38(2)15-4-7-28(40)35-24-12-14-32-27(17-24)26-6-3-5-21-18-33-30(37-29(21)26)36-23-10-8-22(9-11-23)34-25-19-39(20-25)16-13-31/h3-12,14,17-18,25,34H,13,15-16,19-20H2,1-2H3,(H,32,35,40)(H,33,36,37)/b7-4+. The molecule has 206 valence electrons. The van der Waals surface area contributed by atoms with E-state index < -0.39 is 0 Å². The van der Waals surface area contributed by atoms with Gasteiger partial charge in [-0.25, -0.2) is 14.4 Å². The molecule has 0 saturated carbocycles. The maximum atomic E-state index is 12.4. The number of rotatable bonds is 11. The highest BCUT2D eigenvalue weighted by Gasteiger charge is 2.25. The van der Waals surface area contributed by atoms with Gasteiger partial charge in [-0.2, -0.15) is 0 Å². The third-order valence-electron chi connectivity index (χ3n) is 6.52. The number of aromatic nitrogens is 3. The molecule has 2 aromatic carbocycles. The van der Waals surface area contributed by atoms with Gasteiger partial charge in [0, 0.05) is 72.7 Å². The van der Waals surface area contributed by atoms with E-state index in [0.29, 0.717) is 36.5 Å². The highest BCUT2D eigenvalue weighted by Crippen LogP contribution is 2.28. The number of amides is 1. The van der Waals surface area contributed by atoms with Crippen molar-refractivity contribution < 1.29 is 9.18 Å². The third-order valence-corrected chi connectivity index (χ3v) is 6.52. The molecule has 1 fully saturated rings. The number of halogens is 1. The average Bonchev–Trinajstić information content (AvgIpc) is 2.92. The highest BCUT2D eigenvalue weighted by atomic mass is 19.1. The number of likely N-dealkylation sites (tertiary alicyclic amines) is 1. The lowest BCUT2D eigenvalue weighted by molar-refractivity contribution is -0.111. The van der Waals surface area contributed by atoms with E-state index in [0.717, 1.165) is 40.9 Å². The summed E-state index contributed by atoms with van der Waals surface area (Å²) in [6.07, 6.45) is 6.80. The van der Waals surface area contributed by atoms with Crippen molar-refractivity contribution in [2.45, 2.75) is 6.04 Å². The molecule has 1 aliphatic rings. The molecule has 40 heavy (non-hydrogen) atoms. The average molecular weight is 541 g/mol. The number of anilines is 4. The van der Waals surface area contributed by atoms with Crippen molar-refractivity contribution >= 4 is 39.8 Å². The van der Waals surface area contributed by atoms with Gasteiger partial charge in [0.25, 0.3) is 0 Å². The lowest BCUT2D eigenvalue weighted by atomic mass is 10.1. The maximum absolute atomic E-state index is 12.4. The van der Waals surface area contributed by atoms with E-state index in [1.54, 1.807) is 18.5 Å². The fourth-order valence-electron chi connectivity index (χ4n) is 4.51. The van der Waals surface area contributed by atoms with Crippen LogP contribution in [0, 0.1) is 0 Å². The Bertz CT molecular complexity index is 1490. The van der Waals surface area contributed by atoms with Gasteiger partial charge in [0.2, 0.25) is 11.9 Å². The van der Waals surface area contributed by atoms with Crippen LogP contribution >= 0.6 is 0 Å². The van der Waals surface area contributed by atoms with Crippen molar-refractivity contribution in [3.8, 4) is 11.3 Å². The zero-order valence-electron chi connectivity index (χ0n) is 22.6. The van der Waals surface area contributed by atoms with Gasteiger partial charge in [0.05, 0.1) is 17.3 Å². The summed E-state index contributed by atoms with van der Waals surface area (Å²) < 4.78 is 12.4. The van der Waals surface area contributed by atoms with Crippen LogP contribution in [0.2, 0.25) is 0 Å². The number of hydrogen-bond acceptors (Lipinski definition) is 8. The van der Waals surface area contributed by atoms with Gasteiger partial charge in [-0.1, -0.05) is 24.3 Å². The van der Waals surface area contributed by atoms with Gasteiger partial charge < -0.3 is 20.9 Å². The summed E-state index contributed by atoms with van der Waals surface area (Å²) in [5, 5.41) is 10.5.